The number of halogens is 2. The van der Waals surface area contributed by atoms with E-state index in [9.17, 15) is 8.78 Å². The fraction of sp³-hybridized carbons (Fsp3) is 0.538. The Balaban J connectivity index is 2.54. The van der Waals surface area contributed by atoms with Gasteiger partial charge in [-0.05, 0) is 42.7 Å². The molecule has 0 aliphatic carbocycles. The Kier molecular flexibility index (Phi) is 7.05. The lowest BCUT2D eigenvalue weighted by Crippen LogP contribution is -2.08. The lowest BCUT2D eigenvalue weighted by atomic mass is 10.2. The first kappa shape index (κ1) is 15.2. The minimum Gasteiger partial charge on any atom is -0.488 e. The highest BCUT2D eigenvalue weighted by atomic mass is 32.2. The minimum atomic E-state index is -0.636. The molecule has 102 valence electrons. The van der Waals surface area contributed by atoms with Crippen LogP contribution < -0.4 is 10.1 Å². The van der Waals surface area contributed by atoms with Crippen molar-refractivity contribution in [1.82, 2.24) is 5.32 Å². The van der Waals surface area contributed by atoms with Gasteiger partial charge in [0.25, 0.3) is 0 Å². The van der Waals surface area contributed by atoms with Crippen molar-refractivity contribution in [2.75, 3.05) is 25.2 Å². The quantitative estimate of drug-likeness (QED) is 0.736. The van der Waals surface area contributed by atoms with Crippen molar-refractivity contribution in [1.29, 1.82) is 0 Å². The Labute approximate surface area is 111 Å². The smallest absolute Gasteiger partial charge is 0.190 e. The number of thioether (sulfide) groups is 1. The Morgan fingerprint density at radius 3 is 2.50 bits per heavy atom. The molecule has 1 rings (SSSR count). The van der Waals surface area contributed by atoms with Crippen molar-refractivity contribution >= 4 is 11.8 Å². The second kappa shape index (κ2) is 8.32. The largest absolute Gasteiger partial charge is 0.488 e. The van der Waals surface area contributed by atoms with Crippen molar-refractivity contribution in [3.05, 3.63) is 29.3 Å². The topological polar surface area (TPSA) is 21.3 Å². The third kappa shape index (κ3) is 4.82. The molecule has 0 atom stereocenters. The average molecular weight is 275 g/mol. The summed E-state index contributed by atoms with van der Waals surface area (Å²) in [5.74, 6) is 0.446. The third-order valence-electron chi connectivity index (χ3n) is 2.32. The molecule has 0 amide bonds. The molecule has 0 bridgehead atoms. The summed E-state index contributed by atoms with van der Waals surface area (Å²) in [6, 6.07) is 2.60. The van der Waals surface area contributed by atoms with E-state index in [0.29, 0.717) is 18.7 Å². The number of nitrogens with one attached hydrogen (secondary N) is 1. The summed E-state index contributed by atoms with van der Waals surface area (Å²) in [6.45, 7) is 2.85. The molecule has 5 heteroatoms. The van der Waals surface area contributed by atoms with Crippen LogP contribution >= 0.6 is 11.8 Å². The van der Waals surface area contributed by atoms with Gasteiger partial charge in [-0.15, -0.1) is 0 Å². The summed E-state index contributed by atoms with van der Waals surface area (Å²) in [7, 11) is 1.73. The molecule has 0 saturated carbocycles. The van der Waals surface area contributed by atoms with Crippen LogP contribution in [0.15, 0.2) is 12.1 Å². The van der Waals surface area contributed by atoms with Gasteiger partial charge in [-0.1, -0.05) is 6.92 Å². The van der Waals surface area contributed by atoms with Gasteiger partial charge in [0.15, 0.2) is 17.4 Å². The SMILES string of the molecule is CCSCCCOc1c(F)cc(CNC)cc1F. The number of hydrogen-bond donors (Lipinski definition) is 1. The molecule has 0 aliphatic rings. The van der Waals surface area contributed by atoms with Crippen LogP contribution in [0.1, 0.15) is 18.9 Å². The molecule has 0 fully saturated rings. The fourth-order valence-electron chi connectivity index (χ4n) is 1.54. The maximum absolute atomic E-state index is 13.6. The average Bonchev–Trinajstić information content (AvgIpc) is 2.32. The molecular formula is C13H19F2NOS. The van der Waals surface area contributed by atoms with Gasteiger partial charge in [0.2, 0.25) is 0 Å². The van der Waals surface area contributed by atoms with Gasteiger partial charge in [-0.3, -0.25) is 0 Å². The zero-order valence-electron chi connectivity index (χ0n) is 10.8. The van der Waals surface area contributed by atoms with Crippen LogP contribution in [-0.4, -0.2) is 25.2 Å². The monoisotopic (exact) mass is 275 g/mol. The van der Waals surface area contributed by atoms with Crippen molar-refractivity contribution < 1.29 is 13.5 Å². The van der Waals surface area contributed by atoms with Gasteiger partial charge >= 0.3 is 0 Å². The zero-order chi connectivity index (χ0) is 13.4. The van der Waals surface area contributed by atoms with Crippen LogP contribution in [0.3, 0.4) is 0 Å². The number of ether oxygens (including phenoxy) is 1. The summed E-state index contributed by atoms with van der Waals surface area (Å²) in [4.78, 5) is 0. The molecule has 0 heterocycles. The van der Waals surface area contributed by atoms with Crippen molar-refractivity contribution in [2.45, 2.75) is 19.9 Å². The van der Waals surface area contributed by atoms with E-state index in [4.69, 9.17) is 4.74 Å². The van der Waals surface area contributed by atoms with E-state index in [0.717, 1.165) is 17.9 Å². The van der Waals surface area contributed by atoms with E-state index < -0.39 is 11.6 Å². The highest BCUT2D eigenvalue weighted by Crippen LogP contribution is 2.23. The summed E-state index contributed by atoms with van der Waals surface area (Å²) >= 11 is 1.78. The predicted molar refractivity (Wildman–Crippen MR) is 72.2 cm³/mol. The van der Waals surface area contributed by atoms with Gasteiger partial charge in [0.05, 0.1) is 6.61 Å². The van der Waals surface area contributed by atoms with Gasteiger partial charge in [0.1, 0.15) is 0 Å². The normalized spacial score (nSPS) is 10.7. The van der Waals surface area contributed by atoms with Crippen LogP contribution in [0.5, 0.6) is 5.75 Å². The Morgan fingerprint density at radius 2 is 1.94 bits per heavy atom. The zero-order valence-corrected chi connectivity index (χ0v) is 11.6. The van der Waals surface area contributed by atoms with Crippen LogP contribution in [0.4, 0.5) is 8.78 Å². The maximum atomic E-state index is 13.6. The lowest BCUT2D eigenvalue weighted by Gasteiger charge is -2.10. The second-order valence-corrected chi connectivity index (χ2v) is 5.21. The van der Waals surface area contributed by atoms with E-state index in [1.165, 1.54) is 12.1 Å². The second-order valence-electron chi connectivity index (χ2n) is 3.82. The molecule has 0 radical (unpaired) electrons. The Hall–Kier alpha value is -0.810. The summed E-state index contributed by atoms with van der Waals surface area (Å²) < 4.78 is 32.4. The standard InChI is InChI=1S/C13H19F2NOS/c1-3-18-6-4-5-17-13-11(14)7-10(9-16-2)8-12(13)15/h7-8,16H,3-6,9H2,1-2H3. The Morgan fingerprint density at radius 1 is 1.28 bits per heavy atom. The van der Waals surface area contributed by atoms with Crippen molar-refractivity contribution in [2.24, 2.45) is 0 Å². The first-order valence-corrected chi connectivity index (χ1v) is 7.17. The number of rotatable bonds is 8. The molecule has 0 aromatic heterocycles. The molecule has 0 unspecified atom stereocenters. The molecule has 0 aliphatic heterocycles. The molecule has 1 aromatic carbocycles. The Bertz CT molecular complexity index is 351. The summed E-state index contributed by atoms with van der Waals surface area (Å²) in [6.07, 6.45) is 0.787. The summed E-state index contributed by atoms with van der Waals surface area (Å²) in [5, 5.41) is 2.85. The molecule has 0 spiro atoms. The van der Waals surface area contributed by atoms with E-state index in [1.54, 1.807) is 18.8 Å². The van der Waals surface area contributed by atoms with Gasteiger partial charge < -0.3 is 10.1 Å². The molecule has 2 nitrogen and oxygen atoms in total. The van der Waals surface area contributed by atoms with Crippen molar-refractivity contribution in [3.8, 4) is 5.75 Å². The predicted octanol–water partition coefficient (Wildman–Crippen LogP) is 3.21. The highest BCUT2D eigenvalue weighted by molar-refractivity contribution is 7.99. The van der Waals surface area contributed by atoms with Gasteiger partial charge in [-0.2, -0.15) is 11.8 Å². The number of hydrogen-bond acceptors (Lipinski definition) is 3. The number of benzene rings is 1. The maximum Gasteiger partial charge on any atom is 0.190 e. The van der Waals surface area contributed by atoms with Crippen LogP contribution in [-0.2, 0) is 6.54 Å². The lowest BCUT2D eigenvalue weighted by molar-refractivity contribution is 0.285. The molecule has 0 saturated heterocycles. The van der Waals surface area contributed by atoms with E-state index >= 15 is 0 Å². The molecule has 18 heavy (non-hydrogen) atoms. The van der Waals surface area contributed by atoms with E-state index in [1.807, 2.05) is 0 Å². The highest BCUT2D eigenvalue weighted by Gasteiger charge is 2.12. The van der Waals surface area contributed by atoms with Gasteiger partial charge in [0, 0.05) is 6.54 Å². The van der Waals surface area contributed by atoms with Gasteiger partial charge in [-0.25, -0.2) is 8.78 Å². The molecule has 1 N–H and O–H groups in total. The minimum absolute atomic E-state index is 0.267. The summed E-state index contributed by atoms with van der Waals surface area (Å²) in [5.41, 5.74) is 0.571. The van der Waals surface area contributed by atoms with E-state index in [-0.39, 0.29) is 5.75 Å². The first-order chi connectivity index (χ1) is 8.69. The van der Waals surface area contributed by atoms with Crippen LogP contribution in [0.2, 0.25) is 0 Å². The fourth-order valence-corrected chi connectivity index (χ4v) is 2.15. The molecular weight excluding hydrogens is 256 g/mol. The van der Waals surface area contributed by atoms with Crippen LogP contribution in [0.25, 0.3) is 0 Å². The third-order valence-corrected chi connectivity index (χ3v) is 3.31. The van der Waals surface area contributed by atoms with Crippen LogP contribution in [0, 0.1) is 11.6 Å². The first-order valence-electron chi connectivity index (χ1n) is 6.02. The van der Waals surface area contributed by atoms with E-state index in [2.05, 4.69) is 12.2 Å². The van der Waals surface area contributed by atoms with Crippen molar-refractivity contribution in [3.63, 3.8) is 0 Å². The molecule has 1 aromatic rings.